The maximum Gasteiger partial charge on any atom is 0.265 e. The normalized spacial score (nSPS) is 13.6. The van der Waals surface area contributed by atoms with Gasteiger partial charge in [-0.2, -0.15) is 0 Å². The lowest BCUT2D eigenvalue weighted by Crippen LogP contribution is -2.31. The molecule has 0 radical (unpaired) electrons. The van der Waals surface area contributed by atoms with Crippen LogP contribution in [0.2, 0.25) is 0 Å². The van der Waals surface area contributed by atoms with Crippen LogP contribution in [0.3, 0.4) is 0 Å². The molecule has 0 aromatic carbocycles. The quantitative estimate of drug-likeness (QED) is 0.791. The zero-order chi connectivity index (χ0) is 13.2. The van der Waals surface area contributed by atoms with Crippen molar-refractivity contribution in [3.05, 3.63) is 18.0 Å². The van der Waals surface area contributed by atoms with Crippen LogP contribution < -0.4 is 10.5 Å². The molecule has 0 aliphatic rings. The van der Waals surface area contributed by atoms with Gasteiger partial charge in [-0.3, -0.25) is 4.79 Å². The van der Waals surface area contributed by atoms with E-state index in [1.54, 1.807) is 14.0 Å². The van der Waals surface area contributed by atoms with Crippen LogP contribution in [-0.2, 0) is 17.1 Å². The van der Waals surface area contributed by atoms with Crippen molar-refractivity contribution < 1.29 is 13.2 Å². The molecule has 6 nitrogen and oxygen atoms in total. The zero-order valence-corrected chi connectivity index (χ0v) is 10.9. The lowest BCUT2D eigenvalue weighted by Gasteiger charge is -2.10. The fraction of sp³-hybridized carbons (Fsp3) is 0.500. The number of nitrogens with two attached hydrogens (primary N) is 1. The largest absolute Gasteiger partial charge is 0.364 e. The Morgan fingerprint density at radius 2 is 2.18 bits per heavy atom. The average molecular weight is 259 g/mol. The summed E-state index contributed by atoms with van der Waals surface area (Å²) in [7, 11) is -2.01. The summed E-state index contributed by atoms with van der Waals surface area (Å²) >= 11 is 0. The Balaban J connectivity index is 3.08. The summed E-state index contributed by atoms with van der Waals surface area (Å²) < 4.78 is 27.7. The molecule has 17 heavy (non-hydrogen) atoms. The summed E-state index contributed by atoms with van der Waals surface area (Å²) in [5.41, 5.74) is 5.29. The first kappa shape index (κ1) is 13.7. The minimum absolute atomic E-state index is 0.0501. The number of nitrogens with one attached hydrogen (secondary N) is 1. The van der Waals surface area contributed by atoms with Crippen LogP contribution >= 0.6 is 0 Å². The standard InChI is InChI=1S/C10H17N3O3S/c1-4-7(2)12-17(15,16)8-5-9(10(11)14)13(3)6-8/h5-7,12H,4H2,1-3H3,(H2,11,14)/t7-/m0/s1. The van der Waals surface area contributed by atoms with E-state index in [1.807, 2.05) is 6.92 Å². The molecule has 0 saturated carbocycles. The van der Waals surface area contributed by atoms with E-state index in [-0.39, 0.29) is 16.6 Å². The molecule has 3 N–H and O–H groups in total. The molecule has 1 aromatic heterocycles. The van der Waals surface area contributed by atoms with Gasteiger partial charge in [0.15, 0.2) is 0 Å². The summed E-state index contributed by atoms with van der Waals surface area (Å²) in [6.45, 7) is 3.66. The third kappa shape index (κ3) is 3.07. The van der Waals surface area contributed by atoms with E-state index in [1.165, 1.54) is 16.8 Å². The number of hydrogen-bond acceptors (Lipinski definition) is 3. The number of primary amides is 1. The molecule has 1 rings (SSSR count). The zero-order valence-electron chi connectivity index (χ0n) is 10.1. The number of sulfonamides is 1. The van der Waals surface area contributed by atoms with E-state index in [2.05, 4.69) is 4.72 Å². The van der Waals surface area contributed by atoms with Gasteiger partial charge in [-0.15, -0.1) is 0 Å². The van der Waals surface area contributed by atoms with Crippen molar-refractivity contribution in [1.82, 2.24) is 9.29 Å². The summed E-state index contributed by atoms with van der Waals surface area (Å²) in [4.78, 5) is 11.1. The predicted octanol–water partition coefficient (Wildman–Crippen LogP) is 0.201. The van der Waals surface area contributed by atoms with Gasteiger partial charge in [0, 0.05) is 19.3 Å². The molecule has 0 spiro atoms. The molecule has 0 aliphatic carbocycles. The van der Waals surface area contributed by atoms with Gasteiger partial charge in [-0.25, -0.2) is 13.1 Å². The monoisotopic (exact) mass is 259 g/mol. The van der Waals surface area contributed by atoms with E-state index >= 15 is 0 Å². The number of nitrogens with zero attached hydrogens (tertiary/aromatic N) is 1. The first-order valence-electron chi connectivity index (χ1n) is 5.26. The Kier molecular flexibility index (Phi) is 3.94. The van der Waals surface area contributed by atoms with E-state index in [0.29, 0.717) is 6.42 Å². The van der Waals surface area contributed by atoms with Crippen molar-refractivity contribution in [3.63, 3.8) is 0 Å². The minimum Gasteiger partial charge on any atom is -0.364 e. The lowest BCUT2D eigenvalue weighted by molar-refractivity contribution is 0.0992. The maximum atomic E-state index is 11.9. The van der Waals surface area contributed by atoms with Crippen LogP contribution in [0.25, 0.3) is 0 Å². The minimum atomic E-state index is -3.59. The highest BCUT2D eigenvalue weighted by atomic mass is 32.2. The number of aromatic nitrogens is 1. The molecule has 0 saturated heterocycles. The fourth-order valence-electron chi connectivity index (χ4n) is 1.34. The molecule has 96 valence electrons. The summed E-state index contributed by atoms with van der Waals surface area (Å²) in [6, 6.07) is 1.12. The van der Waals surface area contributed by atoms with Crippen LogP contribution in [0.15, 0.2) is 17.2 Å². The topological polar surface area (TPSA) is 94.2 Å². The SMILES string of the molecule is CC[C@H](C)NS(=O)(=O)c1cc(C(N)=O)n(C)c1. The second kappa shape index (κ2) is 4.89. The van der Waals surface area contributed by atoms with Crippen LogP contribution in [0.4, 0.5) is 0 Å². The predicted molar refractivity (Wildman–Crippen MR) is 64.0 cm³/mol. The molecule has 7 heteroatoms. The second-order valence-corrected chi connectivity index (χ2v) is 5.68. The van der Waals surface area contributed by atoms with Gasteiger partial charge in [-0.05, 0) is 19.4 Å². The van der Waals surface area contributed by atoms with Crippen molar-refractivity contribution in [2.75, 3.05) is 0 Å². The Bertz CT molecular complexity index is 519. The molecule has 1 heterocycles. The van der Waals surface area contributed by atoms with Crippen molar-refractivity contribution in [3.8, 4) is 0 Å². The Hall–Kier alpha value is -1.34. The summed E-state index contributed by atoms with van der Waals surface area (Å²) in [6.07, 6.45) is 2.06. The van der Waals surface area contributed by atoms with Crippen LogP contribution in [0.1, 0.15) is 30.8 Å². The van der Waals surface area contributed by atoms with Crippen LogP contribution in [0.5, 0.6) is 0 Å². The second-order valence-electron chi connectivity index (χ2n) is 3.97. The van der Waals surface area contributed by atoms with Gasteiger partial charge in [0.1, 0.15) is 10.6 Å². The molecule has 0 bridgehead atoms. The highest BCUT2D eigenvalue weighted by Crippen LogP contribution is 2.13. The molecular formula is C10H17N3O3S. The first-order valence-corrected chi connectivity index (χ1v) is 6.74. The molecular weight excluding hydrogens is 242 g/mol. The Labute approximate surface area is 101 Å². The number of carbonyl (C=O) groups excluding carboxylic acids is 1. The highest BCUT2D eigenvalue weighted by Gasteiger charge is 2.20. The molecule has 1 amide bonds. The summed E-state index contributed by atoms with van der Waals surface area (Å²) in [5, 5.41) is 0. The van der Waals surface area contributed by atoms with Crippen LogP contribution in [0, 0.1) is 0 Å². The van der Waals surface area contributed by atoms with Gasteiger partial charge in [-0.1, -0.05) is 6.92 Å². The van der Waals surface area contributed by atoms with Crippen molar-refractivity contribution in [1.29, 1.82) is 0 Å². The van der Waals surface area contributed by atoms with Gasteiger partial charge in [0.05, 0.1) is 0 Å². The first-order chi connectivity index (χ1) is 7.77. The third-order valence-corrected chi connectivity index (χ3v) is 4.07. The maximum absolute atomic E-state index is 11.9. The smallest absolute Gasteiger partial charge is 0.265 e. The van der Waals surface area contributed by atoms with Crippen molar-refractivity contribution in [2.24, 2.45) is 12.8 Å². The molecule has 0 fully saturated rings. The highest BCUT2D eigenvalue weighted by molar-refractivity contribution is 7.89. The number of hydrogen-bond donors (Lipinski definition) is 2. The number of rotatable bonds is 5. The lowest BCUT2D eigenvalue weighted by atomic mass is 10.3. The van der Waals surface area contributed by atoms with Gasteiger partial charge in [0.2, 0.25) is 10.0 Å². The summed E-state index contributed by atoms with van der Waals surface area (Å²) in [5.74, 6) is -0.655. The van der Waals surface area contributed by atoms with Crippen molar-refractivity contribution in [2.45, 2.75) is 31.2 Å². The Morgan fingerprint density at radius 1 is 1.59 bits per heavy atom. The third-order valence-electron chi connectivity index (χ3n) is 2.51. The molecule has 1 aromatic rings. The number of amides is 1. The van der Waals surface area contributed by atoms with Crippen molar-refractivity contribution >= 4 is 15.9 Å². The van der Waals surface area contributed by atoms with E-state index in [9.17, 15) is 13.2 Å². The van der Waals surface area contributed by atoms with Gasteiger partial charge in [0.25, 0.3) is 5.91 Å². The van der Waals surface area contributed by atoms with Gasteiger partial charge < -0.3 is 10.3 Å². The number of aryl methyl sites for hydroxylation is 1. The van der Waals surface area contributed by atoms with Crippen LogP contribution in [-0.4, -0.2) is 24.9 Å². The average Bonchev–Trinajstić information content (AvgIpc) is 2.60. The number of carbonyl (C=O) groups is 1. The van der Waals surface area contributed by atoms with E-state index < -0.39 is 15.9 Å². The molecule has 0 unspecified atom stereocenters. The molecule has 0 aliphatic heterocycles. The van der Waals surface area contributed by atoms with E-state index in [4.69, 9.17) is 5.73 Å². The molecule has 1 atom stereocenters. The Morgan fingerprint density at radius 3 is 2.59 bits per heavy atom. The fourth-order valence-corrected chi connectivity index (χ4v) is 2.74. The van der Waals surface area contributed by atoms with E-state index in [0.717, 1.165) is 0 Å². The van der Waals surface area contributed by atoms with Gasteiger partial charge >= 0.3 is 0 Å².